The molecule has 98 valence electrons. The Morgan fingerprint density at radius 2 is 2.18 bits per heavy atom. The fourth-order valence-electron chi connectivity index (χ4n) is 1.74. The predicted octanol–water partition coefficient (Wildman–Crippen LogP) is -0.464. The summed E-state index contributed by atoms with van der Waals surface area (Å²) in [6.07, 6.45) is 1.75. The molecule has 1 heterocycles. The number of aromatic nitrogens is 2. The highest BCUT2D eigenvalue weighted by atomic mass is 32.2. The van der Waals surface area contributed by atoms with Gasteiger partial charge < -0.3 is 0 Å². The highest BCUT2D eigenvalue weighted by Crippen LogP contribution is 2.11. The van der Waals surface area contributed by atoms with Crippen molar-refractivity contribution in [2.45, 2.75) is 31.6 Å². The molecule has 1 aromatic heterocycles. The maximum Gasteiger partial charge on any atom is 0.151 e. The van der Waals surface area contributed by atoms with Crippen molar-refractivity contribution in [3.05, 3.63) is 17.5 Å². The average molecular weight is 260 g/mol. The molecule has 0 radical (unpaired) electrons. The SMILES string of the molecule is Cc1cc(CC(NN)C(C)S(C)(=O)=O)n(C)n1. The van der Waals surface area contributed by atoms with Gasteiger partial charge >= 0.3 is 0 Å². The number of nitrogens with zero attached hydrogens (tertiary/aromatic N) is 2. The van der Waals surface area contributed by atoms with Gasteiger partial charge in [-0.3, -0.25) is 16.0 Å². The van der Waals surface area contributed by atoms with Crippen LogP contribution >= 0.6 is 0 Å². The molecule has 0 saturated carbocycles. The molecule has 0 aliphatic rings. The van der Waals surface area contributed by atoms with Crippen LogP contribution in [-0.2, 0) is 23.3 Å². The van der Waals surface area contributed by atoms with Crippen molar-refractivity contribution in [1.82, 2.24) is 15.2 Å². The van der Waals surface area contributed by atoms with Crippen LogP contribution < -0.4 is 11.3 Å². The standard InChI is InChI=1S/C10H20N4O2S/c1-7-5-9(14(3)13-7)6-10(12-11)8(2)17(4,15)16/h5,8,10,12H,6,11H2,1-4H3. The first-order valence-electron chi connectivity index (χ1n) is 5.40. The van der Waals surface area contributed by atoms with Crippen molar-refractivity contribution >= 4 is 9.84 Å². The summed E-state index contributed by atoms with van der Waals surface area (Å²) in [6.45, 7) is 3.55. The normalized spacial score (nSPS) is 15.8. The van der Waals surface area contributed by atoms with E-state index < -0.39 is 15.1 Å². The van der Waals surface area contributed by atoms with E-state index in [-0.39, 0.29) is 6.04 Å². The number of nitrogens with one attached hydrogen (secondary N) is 1. The van der Waals surface area contributed by atoms with Crippen LogP contribution in [0.3, 0.4) is 0 Å². The highest BCUT2D eigenvalue weighted by Gasteiger charge is 2.26. The van der Waals surface area contributed by atoms with E-state index >= 15 is 0 Å². The van der Waals surface area contributed by atoms with E-state index in [4.69, 9.17) is 5.84 Å². The smallest absolute Gasteiger partial charge is 0.151 e. The minimum Gasteiger partial charge on any atom is -0.272 e. The molecule has 0 aliphatic heterocycles. The molecular formula is C10H20N4O2S. The van der Waals surface area contributed by atoms with E-state index in [1.165, 1.54) is 6.26 Å². The highest BCUT2D eigenvalue weighted by molar-refractivity contribution is 7.91. The van der Waals surface area contributed by atoms with Crippen LogP contribution in [0.25, 0.3) is 0 Å². The van der Waals surface area contributed by atoms with Gasteiger partial charge in [-0.25, -0.2) is 8.42 Å². The van der Waals surface area contributed by atoms with Gasteiger partial charge in [-0.2, -0.15) is 5.10 Å². The van der Waals surface area contributed by atoms with E-state index in [0.29, 0.717) is 6.42 Å². The molecule has 0 amide bonds. The van der Waals surface area contributed by atoms with Crippen molar-refractivity contribution in [3.8, 4) is 0 Å². The van der Waals surface area contributed by atoms with E-state index in [1.807, 2.05) is 20.0 Å². The Hall–Kier alpha value is -0.920. The molecule has 7 heteroatoms. The molecule has 0 spiro atoms. The maximum absolute atomic E-state index is 11.5. The Balaban J connectivity index is 2.88. The lowest BCUT2D eigenvalue weighted by atomic mass is 10.1. The van der Waals surface area contributed by atoms with Crippen LogP contribution in [0.15, 0.2) is 6.07 Å². The van der Waals surface area contributed by atoms with Gasteiger partial charge in [0.25, 0.3) is 0 Å². The largest absolute Gasteiger partial charge is 0.272 e. The second-order valence-corrected chi connectivity index (χ2v) is 6.82. The summed E-state index contributed by atoms with van der Waals surface area (Å²) in [7, 11) is -1.28. The van der Waals surface area contributed by atoms with Crippen molar-refractivity contribution < 1.29 is 8.42 Å². The average Bonchev–Trinajstić information content (AvgIpc) is 2.51. The van der Waals surface area contributed by atoms with Gasteiger partial charge in [0.15, 0.2) is 9.84 Å². The molecule has 0 aliphatic carbocycles. The fraction of sp³-hybridized carbons (Fsp3) is 0.700. The van der Waals surface area contributed by atoms with Gasteiger partial charge in [-0.15, -0.1) is 0 Å². The summed E-state index contributed by atoms with van der Waals surface area (Å²) >= 11 is 0. The van der Waals surface area contributed by atoms with Gasteiger partial charge in [-0.1, -0.05) is 0 Å². The number of nitrogens with two attached hydrogens (primary N) is 1. The first-order chi connectivity index (χ1) is 7.75. The predicted molar refractivity (Wildman–Crippen MR) is 67.1 cm³/mol. The molecule has 3 N–H and O–H groups in total. The number of aryl methyl sites for hydroxylation is 2. The third-order valence-electron chi connectivity index (χ3n) is 2.98. The zero-order valence-electron chi connectivity index (χ0n) is 10.6. The summed E-state index contributed by atoms with van der Waals surface area (Å²) < 4.78 is 24.7. The number of rotatable bonds is 5. The molecule has 1 rings (SSSR count). The maximum atomic E-state index is 11.5. The van der Waals surface area contributed by atoms with Crippen LogP contribution in [0.5, 0.6) is 0 Å². The Bertz CT molecular complexity index is 480. The molecule has 0 aromatic carbocycles. The monoisotopic (exact) mass is 260 g/mol. The number of hydrazine groups is 1. The molecule has 2 atom stereocenters. The summed E-state index contributed by atoms with van der Waals surface area (Å²) in [5, 5.41) is 3.68. The van der Waals surface area contributed by atoms with E-state index in [1.54, 1.807) is 11.6 Å². The number of sulfone groups is 1. The molecule has 0 fully saturated rings. The van der Waals surface area contributed by atoms with Crippen LogP contribution in [0.1, 0.15) is 18.3 Å². The molecule has 1 aromatic rings. The van der Waals surface area contributed by atoms with Crippen molar-refractivity contribution in [3.63, 3.8) is 0 Å². The lowest BCUT2D eigenvalue weighted by molar-refractivity contribution is 0.482. The van der Waals surface area contributed by atoms with Crippen molar-refractivity contribution in [2.24, 2.45) is 12.9 Å². The Morgan fingerprint density at radius 3 is 2.53 bits per heavy atom. The summed E-state index contributed by atoms with van der Waals surface area (Å²) in [5.74, 6) is 5.43. The zero-order chi connectivity index (χ0) is 13.2. The van der Waals surface area contributed by atoms with E-state index in [2.05, 4.69) is 10.5 Å². The van der Waals surface area contributed by atoms with Gasteiger partial charge in [0, 0.05) is 31.5 Å². The van der Waals surface area contributed by atoms with Crippen LogP contribution in [0, 0.1) is 6.92 Å². The molecule has 0 saturated heterocycles. The summed E-state index contributed by atoms with van der Waals surface area (Å²) in [6, 6.07) is 1.61. The van der Waals surface area contributed by atoms with Crippen LogP contribution in [-0.4, -0.2) is 35.7 Å². The van der Waals surface area contributed by atoms with Crippen molar-refractivity contribution in [2.75, 3.05) is 6.26 Å². The topological polar surface area (TPSA) is 90.0 Å². The van der Waals surface area contributed by atoms with Gasteiger partial charge in [0.2, 0.25) is 0 Å². The van der Waals surface area contributed by atoms with Crippen molar-refractivity contribution in [1.29, 1.82) is 0 Å². The summed E-state index contributed by atoms with van der Waals surface area (Å²) in [4.78, 5) is 0. The second-order valence-electron chi connectivity index (χ2n) is 4.41. The fourth-order valence-corrected chi connectivity index (χ4v) is 2.51. The van der Waals surface area contributed by atoms with E-state index in [0.717, 1.165) is 11.4 Å². The second kappa shape index (κ2) is 5.16. The Labute approximate surface area is 102 Å². The number of hydrogen-bond donors (Lipinski definition) is 2. The van der Waals surface area contributed by atoms with Crippen LogP contribution in [0.4, 0.5) is 0 Å². The third-order valence-corrected chi connectivity index (χ3v) is 4.66. The molecular weight excluding hydrogens is 240 g/mol. The quantitative estimate of drug-likeness (QED) is 0.552. The van der Waals surface area contributed by atoms with Crippen LogP contribution in [0.2, 0.25) is 0 Å². The number of hydrogen-bond acceptors (Lipinski definition) is 5. The first-order valence-corrected chi connectivity index (χ1v) is 7.35. The third kappa shape index (κ3) is 3.52. The van der Waals surface area contributed by atoms with Gasteiger partial charge in [-0.05, 0) is 19.9 Å². The van der Waals surface area contributed by atoms with Gasteiger partial charge in [0.1, 0.15) is 0 Å². The Morgan fingerprint density at radius 1 is 1.59 bits per heavy atom. The minimum absolute atomic E-state index is 0.320. The molecule has 6 nitrogen and oxygen atoms in total. The molecule has 17 heavy (non-hydrogen) atoms. The Kier molecular flexibility index (Phi) is 4.29. The van der Waals surface area contributed by atoms with E-state index in [9.17, 15) is 8.42 Å². The first kappa shape index (κ1) is 14.1. The minimum atomic E-state index is -3.11. The molecule has 0 bridgehead atoms. The summed E-state index contributed by atoms with van der Waals surface area (Å²) in [5.41, 5.74) is 4.44. The zero-order valence-corrected chi connectivity index (χ0v) is 11.5. The van der Waals surface area contributed by atoms with Gasteiger partial charge in [0.05, 0.1) is 10.9 Å². The molecule has 2 unspecified atom stereocenters. The lowest BCUT2D eigenvalue weighted by Gasteiger charge is -2.21. The lowest BCUT2D eigenvalue weighted by Crippen LogP contribution is -2.47.